The lowest BCUT2D eigenvalue weighted by Crippen LogP contribution is -2.66. The zero-order chi connectivity index (χ0) is 16.2. The van der Waals surface area contributed by atoms with E-state index in [1.165, 1.54) is 5.56 Å². The number of aliphatic hydroxyl groups is 2. The van der Waals surface area contributed by atoms with E-state index in [4.69, 9.17) is 0 Å². The molecular weight excluding hydrogens is 290 g/mol. The van der Waals surface area contributed by atoms with Crippen LogP contribution in [-0.4, -0.2) is 51.6 Å². The number of fused-ring (bicyclic) bond motifs is 1. The average molecular weight is 313 g/mol. The molecule has 3 N–H and O–H groups in total. The highest BCUT2D eigenvalue weighted by Crippen LogP contribution is 2.54. The average Bonchev–Trinajstić information content (AvgIpc) is 2.54. The molecule has 2 bridgehead atoms. The van der Waals surface area contributed by atoms with E-state index < -0.39 is 17.6 Å². The zero-order valence-electron chi connectivity index (χ0n) is 13.1. The Balaban J connectivity index is 1.91. The molecule has 0 aromatic heterocycles. The molecule has 4 heteroatoms. The van der Waals surface area contributed by atoms with Crippen LogP contribution in [0, 0.1) is 5.92 Å². The van der Waals surface area contributed by atoms with Crippen LogP contribution in [0.25, 0.3) is 0 Å². The molecule has 2 aliphatic carbocycles. The Hall–Kier alpha value is -1.62. The van der Waals surface area contributed by atoms with Crippen LogP contribution in [0.15, 0.2) is 43.0 Å². The van der Waals surface area contributed by atoms with Crippen LogP contribution in [0.4, 0.5) is 0 Å². The Bertz CT molecular complexity index is 671. The lowest BCUT2D eigenvalue weighted by atomic mass is 9.52. The highest BCUT2D eigenvalue weighted by molar-refractivity contribution is 5.48. The molecular formula is C19H23NO3. The summed E-state index contributed by atoms with van der Waals surface area (Å²) in [6.45, 7) is 5.56. The second-order valence-corrected chi connectivity index (χ2v) is 7.03. The highest BCUT2D eigenvalue weighted by Gasteiger charge is 2.58. The first-order chi connectivity index (χ1) is 11.1. The topological polar surface area (TPSA) is 63.9 Å². The van der Waals surface area contributed by atoms with E-state index in [9.17, 15) is 15.3 Å². The molecule has 4 rings (SSSR count). The molecule has 0 saturated carbocycles. The molecule has 0 radical (unpaired) electrons. The van der Waals surface area contributed by atoms with Gasteiger partial charge in [0.25, 0.3) is 0 Å². The number of hydrogen-bond acceptors (Lipinski definition) is 4. The van der Waals surface area contributed by atoms with Gasteiger partial charge >= 0.3 is 0 Å². The number of phenols is 1. The largest absolute Gasteiger partial charge is 0.508 e. The number of phenolic OH excluding ortho intramolecular Hbond substituents is 1. The minimum Gasteiger partial charge on any atom is -0.508 e. The molecule has 0 unspecified atom stereocenters. The van der Waals surface area contributed by atoms with Crippen LogP contribution >= 0.6 is 0 Å². The summed E-state index contributed by atoms with van der Waals surface area (Å²) >= 11 is 0. The highest BCUT2D eigenvalue weighted by atomic mass is 16.3. The first kappa shape index (κ1) is 14.9. The van der Waals surface area contributed by atoms with Crippen molar-refractivity contribution < 1.29 is 15.3 Å². The van der Waals surface area contributed by atoms with Gasteiger partial charge in [0.05, 0.1) is 12.2 Å². The summed E-state index contributed by atoms with van der Waals surface area (Å²) in [5.74, 6) is 0.365. The summed E-state index contributed by atoms with van der Waals surface area (Å²) in [6.07, 6.45) is 5.69. The Morgan fingerprint density at radius 3 is 2.91 bits per heavy atom. The van der Waals surface area contributed by atoms with Gasteiger partial charge in [0.1, 0.15) is 5.75 Å². The number of benzene rings is 1. The summed E-state index contributed by atoms with van der Waals surface area (Å²) < 4.78 is 0. The van der Waals surface area contributed by atoms with E-state index in [1.807, 2.05) is 12.1 Å². The SMILES string of the molecule is C=CCN1CC[C@@]23c4cc(O)ccc4C[C@@H]1[C@@H]2C=C[C@H](O)[C@@H]3O. The first-order valence-corrected chi connectivity index (χ1v) is 8.29. The second-order valence-electron chi connectivity index (χ2n) is 7.03. The van der Waals surface area contributed by atoms with Crippen molar-refractivity contribution in [2.45, 2.75) is 36.5 Å². The number of aromatic hydroxyl groups is 1. The van der Waals surface area contributed by atoms with Crippen LogP contribution in [-0.2, 0) is 11.8 Å². The molecule has 122 valence electrons. The first-order valence-electron chi connectivity index (χ1n) is 8.29. The van der Waals surface area contributed by atoms with Crippen molar-refractivity contribution >= 4 is 0 Å². The Labute approximate surface area is 136 Å². The fourth-order valence-corrected chi connectivity index (χ4v) is 5.04. The van der Waals surface area contributed by atoms with Gasteiger partial charge in [-0.25, -0.2) is 0 Å². The van der Waals surface area contributed by atoms with Crippen molar-refractivity contribution in [3.05, 3.63) is 54.1 Å². The molecule has 5 atom stereocenters. The van der Waals surface area contributed by atoms with Crippen molar-refractivity contribution in [3.63, 3.8) is 0 Å². The minimum atomic E-state index is -0.855. The van der Waals surface area contributed by atoms with Gasteiger partial charge in [-0.3, -0.25) is 4.90 Å². The van der Waals surface area contributed by atoms with Gasteiger partial charge in [-0.15, -0.1) is 6.58 Å². The normalized spacial score (nSPS) is 38.7. The van der Waals surface area contributed by atoms with E-state index in [0.717, 1.165) is 31.5 Å². The molecule has 4 nitrogen and oxygen atoms in total. The number of aliphatic hydroxyl groups excluding tert-OH is 2. The lowest BCUT2D eigenvalue weighted by Gasteiger charge is -2.59. The van der Waals surface area contributed by atoms with Gasteiger partial charge in [-0.05, 0) is 42.6 Å². The van der Waals surface area contributed by atoms with Gasteiger partial charge in [-0.2, -0.15) is 0 Å². The minimum absolute atomic E-state index is 0.142. The number of piperidine rings is 1. The standard InChI is InChI=1S/C19H23NO3/c1-2-8-20-9-7-19-14(5-6-17(22)18(19)23)16(20)10-12-3-4-13(21)11-15(12)19/h2-6,11,14,16-18,21-23H,1,7-10H2/t14-,16+,17-,18-,19-/m0/s1. The molecule has 0 spiro atoms. The van der Waals surface area contributed by atoms with Crippen LogP contribution in [0.3, 0.4) is 0 Å². The van der Waals surface area contributed by atoms with Gasteiger partial charge in [-0.1, -0.05) is 24.3 Å². The Kier molecular flexibility index (Phi) is 3.38. The molecule has 1 aromatic carbocycles. The predicted octanol–water partition coefficient (Wildman–Crippen LogP) is 1.35. The Morgan fingerprint density at radius 1 is 1.30 bits per heavy atom. The summed E-state index contributed by atoms with van der Waals surface area (Å²) in [4.78, 5) is 2.42. The van der Waals surface area contributed by atoms with Gasteiger partial charge < -0.3 is 15.3 Å². The number of likely N-dealkylation sites (tertiary alicyclic amines) is 1. The third-order valence-corrected chi connectivity index (χ3v) is 6.05. The summed E-state index contributed by atoms with van der Waals surface area (Å²) in [6, 6.07) is 5.75. The smallest absolute Gasteiger partial charge is 0.115 e. The van der Waals surface area contributed by atoms with Gasteiger partial charge in [0.2, 0.25) is 0 Å². The fourth-order valence-electron chi connectivity index (χ4n) is 5.04. The monoisotopic (exact) mass is 313 g/mol. The Morgan fingerprint density at radius 2 is 2.13 bits per heavy atom. The predicted molar refractivity (Wildman–Crippen MR) is 88.3 cm³/mol. The molecule has 23 heavy (non-hydrogen) atoms. The van der Waals surface area contributed by atoms with E-state index >= 15 is 0 Å². The molecule has 3 aliphatic rings. The summed E-state index contributed by atoms with van der Waals surface area (Å²) in [5.41, 5.74) is 1.66. The zero-order valence-corrected chi connectivity index (χ0v) is 13.1. The molecule has 1 saturated heterocycles. The van der Waals surface area contributed by atoms with Crippen LogP contribution in [0.1, 0.15) is 17.5 Å². The van der Waals surface area contributed by atoms with Gasteiger partial charge in [0.15, 0.2) is 0 Å². The van der Waals surface area contributed by atoms with Crippen molar-refractivity contribution in [3.8, 4) is 5.75 Å². The fraction of sp³-hybridized carbons (Fsp3) is 0.474. The third-order valence-electron chi connectivity index (χ3n) is 6.05. The third kappa shape index (κ3) is 1.95. The number of hydrogen-bond donors (Lipinski definition) is 3. The van der Waals surface area contributed by atoms with E-state index in [2.05, 4.69) is 17.6 Å². The van der Waals surface area contributed by atoms with Crippen LogP contribution < -0.4 is 0 Å². The van der Waals surface area contributed by atoms with Gasteiger partial charge in [0, 0.05) is 23.9 Å². The lowest BCUT2D eigenvalue weighted by molar-refractivity contribution is -0.0828. The molecule has 0 amide bonds. The van der Waals surface area contributed by atoms with E-state index in [0.29, 0.717) is 0 Å². The van der Waals surface area contributed by atoms with E-state index in [1.54, 1.807) is 18.2 Å². The number of rotatable bonds is 2. The molecule has 1 aliphatic heterocycles. The maximum absolute atomic E-state index is 10.9. The van der Waals surface area contributed by atoms with Crippen molar-refractivity contribution in [2.24, 2.45) is 5.92 Å². The second kappa shape index (κ2) is 5.20. The number of nitrogens with zero attached hydrogens (tertiary/aromatic N) is 1. The van der Waals surface area contributed by atoms with E-state index in [-0.39, 0.29) is 17.7 Å². The van der Waals surface area contributed by atoms with Crippen LogP contribution in [0.2, 0.25) is 0 Å². The van der Waals surface area contributed by atoms with Crippen LogP contribution in [0.5, 0.6) is 5.75 Å². The van der Waals surface area contributed by atoms with Crippen molar-refractivity contribution in [1.29, 1.82) is 0 Å². The maximum Gasteiger partial charge on any atom is 0.115 e. The molecule has 1 aromatic rings. The summed E-state index contributed by atoms with van der Waals surface area (Å²) in [5, 5.41) is 31.1. The van der Waals surface area contributed by atoms with Crippen molar-refractivity contribution in [1.82, 2.24) is 4.90 Å². The van der Waals surface area contributed by atoms with Crippen molar-refractivity contribution in [2.75, 3.05) is 13.1 Å². The molecule has 1 fully saturated rings. The quantitative estimate of drug-likeness (QED) is 0.721. The molecule has 1 heterocycles. The maximum atomic E-state index is 10.9. The summed E-state index contributed by atoms with van der Waals surface area (Å²) in [7, 11) is 0.